The van der Waals surface area contributed by atoms with Gasteiger partial charge in [0.05, 0.1) is 25.8 Å². The van der Waals surface area contributed by atoms with Crippen LogP contribution < -0.4 is 9.46 Å². The molecule has 0 aliphatic rings. The first-order chi connectivity index (χ1) is 12.2. The molecule has 0 saturated heterocycles. The zero-order chi connectivity index (χ0) is 19.7. The molecular weight excluding hydrogens is 352 g/mol. The molecule has 1 aromatic rings. The number of hydrogen-bond acceptors (Lipinski definition) is 6. The highest BCUT2D eigenvalue weighted by atomic mass is 32.2. The maximum atomic E-state index is 12.6. The molecule has 0 saturated carbocycles. The summed E-state index contributed by atoms with van der Waals surface area (Å²) in [5.74, 6) is -0.665. The lowest BCUT2D eigenvalue weighted by molar-refractivity contribution is -0.146. The van der Waals surface area contributed by atoms with Crippen molar-refractivity contribution < 1.29 is 18.8 Å². The van der Waals surface area contributed by atoms with E-state index in [0.717, 1.165) is 5.56 Å². The fourth-order valence-corrected chi connectivity index (χ4v) is 3.14. The van der Waals surface area contributed by atoms with Gasteiger partial charge in [0.1, 0.15) is 16.4 Å². The molecule has 3 atom stereocenters. The second-order valence-electron chi connectivity index (χ2n) is 6.84. The third-order valence-corrected chi connectivity index (χ3v) is 5.38. The fourth-order valence-electron chi connectivity index (χ4n) is 2.27. The number of carbonyl (C=O) groups excluding carboxylic acids is 1. The molecule has 0 aliphatic carbocycles. The Labute approximate surface area is 159 Å². The van der Waals surface area contributed by atoms with Crippen molar-refractivity contribution >= 4 is 17.3 Å². The number of methoxy groups -OCH3 is 1. The van der Waals surface area contributed by atoms with E-state index in [2.05, 4.69) is 4.72 Å². The lowest BCUT2D eigenvalue weighted by Crippen LogP contribution is -2.41. The molecule has 0 heterocycles. The van der Waals surface area contributed by atoms with Gasteiger partial charge in [-0.1, -0.05) is 12.1 Å². The van der Waals surface area contributed by atoms with Crippen LogP contribution in [0.5, 0.6) is 5.75 Å². The number of rotatable bonds is 9. The van der Waals surface area contributed by atoms with Crippen molar-refractivity contribution in [2.75, 3.05) is 13.7 Å². The van der Waals surface area contributed by atoms with Crippen LogP contribution in [0.3, 0.4) is 0 Å². The molecular formula is C19H28N2O4S. The molecule has 1 aromatic carbocycles. The van der Waals surface area contributed by atoms with E-state index in [4.69, 9.17) is 9.47 Å². The summed E-state index contributed by atoms with van der Waals surface area (Å²) in [6.07, 6.45) is 0.775. The Hall–Kier alpha value is -1.75. The smallest absolute Gasteiger partial charge is 0.323 e. The van der Waals surface area contributed by atoms with Crippen LogP contribution in [0.4, 0.5) is 0 Å². The van der Waals surface area contributed by atoms with Gasteiger partial charge in [-0.3, -0.25) is 4.79 Å². The number of nitriles is 1. The van der Waals surface area contributed by atoms with E-state index < -0.39 is 28.0 Å². The molecule has 0 amide bonds. The zero-order valence-corrected chi connectivity index (χ0v) is 16.9. The number of benzene rings is 1. The Morgan fingerprint density at radius 3 is 2.62 bits per heavy atom. The molecule has 144 valence electrons. The fraction of sp³-hybridized carbons (Fsp3) is 0.579. The minimum atomic E-state index is -1.30. The standard InChI is InChI=1S/C19H28N2O4S/c1-6-25-18(22)15(13-20)10-11-17(21-26(23)19(2,3)4)14-8-7-9-16(12-14)24-5/h7-9,12,15,17,21H,6,10-11H2,1-5H3/t15?,17-,26?/m1/s1. The molecule has 26 heavy (non-hydrogen) atoms. The van der Waals surface area contributed by atoms with Gasteiger partial charge in [-0.2, -0.15) is 5.26 Å². The maximum absolute atomic E-state index is 12.6. The van der Waals surface area contributed by atoms with Crippen molar-refractivity contribution in [2.45, 2.75) is 51.3 Å². The van der Waals surface area contributed by atoms with Crippen LogP contribution in [-0.4, -0.2) is 29.0 Å². The summed E-state index contributed by atoms with van der Waals surface area (Å²) in [5.41, 5.74) is 0.891. The SMILES string of the molecule is CCOC(=O)C(C#N)CC[C@@H](N[S+]([O-])C(C)(C)C)c1cccc(OC)c1. The first-order valence-corrected chi connectivity index (χ1v) is 9.76. The van der Waals surface area contributed by atoms with Crippen molar-refractivity contribution in [2.24, 2.45) is 5.92 Å². The molecule has 0 aromatic heterocycles. The van der Waals surface area contributed by atoms with Gasteiger partial charge in [0.15, 0.2) is 0 Å². The lowest BCUT2D eigenvalue weighted by Gasteiger charge is -2.28. The molecule has 1 rings (SSSR count). The van der Waals surface area contributed by atoms with Crippen molar-refractivity contribution in [1.82, 2.24) is 4.72 Å². The largest absolute Gasteiger partial charge is 0.598 e. The average Bonchev–Trinajstić information content (AvgIpc) is 2.60. The molecule has 0 spiro atoms. The van der Waals surface area contributed by atoms with E-state index in [1.807, 2.05) is 51.1 Å². The van der Waals surface area contributed by atoms with Gasteiger partial charge in [-0.05, 0) is 58.2 Å². The topological polar surface area (TPSA) is 94.4 Å². The van der Waals surface area contributed by atoms with Gasteiger partial charge in [-0.25, -0.2) is 0 Å². The monoisotopic (exact) mass is 380 g/mol. The van der Waals surface area contributed by atoms with E-state index in [9.17, 15) is 14.6 Å². The Kier molecular flexibility index (Phi) is 8.93. The first-order valence-electron chi connectivity index (χ1n) is 8.61. The van der Waals surface area contributed by atoms with Crippen LogP contribution in [-0.2, 0) is 20.9 Å². The minimum absolute atomic E-state index is 0.239. The van der Waals surface area contributed by atoms with Gasteiger partial charge in [-0.15, -0.1) is 4.72 Å². The average molecular weight is 381 g/mol. The van der Waals surface area contributed by atoms with Gasteiger partial charge < -0.3 is 14.0 Å². The van der Waals surface area contributed by atoms with Gasteiger partial charge in [0.25, 0.3) is 0 Å². The van der Waals surface area contributed by atoms with Crippen molar-refractivity contribution in [3.63, 3.8) is 0 Å². The maximum Gasteiger partial charge on any atom is 0.323 e. The highest BCUT2D eigenvalue weighted by Gasteiger charge is 2.31. The number of nitrogens with one attached hydrogen (secondary N) is 1. The van der Waals surface area contributed by atoms with E-state index in [1.165, 1.54) is 0 Å². The van der Waals surface area contributed by atoms with Crippen molar-refractivity contribution in [3.05, 3.63) is 29.8 Å². The van der Waals surface area contributed by atoms with Crippen LogP contribution in [0.25, 0.3) is 0 Å². The summed E-state index contributed by atoms with van der Waals surface area (Å²) < 4.78 is 25.5. The van der Waals surface area contributed by atoms with Crippen LogP contribution in [0.2, 0.25) is 0 Å². The third-order valence-electron chi connectivity index (χ3n) is 3.77. The molecule has 1 N–H and O–H groups in total. The highest BCUT2D eigenvalue weighted by Crippen LogP contribution is 2.27. The Balaban J connectivity index is 2.96. The first kappa shape index (κ1) is 22.3. The van der Waals surface area contributed by atoms with Crippen LogP contribution >= 0.6 is 0 Å². The summed E-state index contributed by atoms with van der Waals surface area (Å²) in [6, 6.07) is 9.18. The van der Waals surface area contributed by atoms with E-state index in [0.29, 0.717) is 18.6 Å². The molecule has 0 bridgehead atoms. The van der Waals surface area contributed by atoms with Gasteiger partial charge >= 0.3 is 5.97 Å². The lowest BCUT2D eigenvalue weighted by atomic mass is 9.97. The molecule has 7 heteroatoms. The molecule has 0 radical (unpaired) electrons. The number of ether oxygens (including phenoxy) is 2. The molecule has 0 aliphatic heterocycles. The number of hydrogen-bond donors (Lipinski definition) is 1. The predicted octanol–water partition coefficient (Wildman–Crippen LogP) is 3.27. The Morgan fingerprint density at radius 2 is 2.08 bits per heavy atom. The van der Waals surface area contributed by atoms with E-state index in [-0.39, 0.29) is 12.6 Å². The van der Waals surface area contributed by atoms with Crippen LogP contribution in [0.15, 0.2) is 24.3 Å². The highest BCUT2D eigenvalue weighted by molar-refractivity contribution is 7.90. The van der Waals surface area contributed by atoms with Crippen LogP contribution in [0.1, 0.15) is 52.1 Å². The van der Waals surface area contributed by atoms with Crippen molar-refractivity contribution in [1.29, 1.82) is 5.26 Å². The number of nitrogens with zero attached hydrogens (tertiary/aromatic N) is 1. The van der Waals surface area contributed by atoms with E-state index >= 15 is 0 Å². The summed E-state index contributed by atoms with van der Waals surface area (Å²) in [5, 5.41) is 9.25. The second-order valence-corrected chi connectivity index (χ2v) is 8.84. The third kappa shape index (κ3) is 6.87. The zero-order valence-electron chi connectivity index (χ0n) is 16.1. The molecule has 2 unspecified atom stereocenters. The number of esters is 1. The van der Waals surface area contributed by atoms with Crippen LogP contribution in [0, 0.1) is 17.2 Å². The van der Waals surface area contributed by atoms with Crippen molar-refractivity contribution in [3.8, 4) is 11.8 Å². The Bertz CT molecular complexity index is 625. The summed E-state index contributed by atoms with van der Waals surface area (Å²) in [7, 11) is 1.58. The summed E-state index contributed by atoms with van der Waals surface area (Å²) in [4.78, 5) is 11.9. The second kappa shape index (κ2) is 10.4. The molecule has 6 nitrogen and oxygen atoms in total. The normalized spacial score (nSPS) is 14.8. The van der Waals surface area contributed by atoms with Gasteiger partial charge in [0.2, 0.25) is 0 Å². The summed E-state index contributed by atoms with van der Waals surface area (Å²) in [6.45, 7) is 7.60. The predicted molar refractivity (Wildman–Crippen MR) is 102 cm³/mol. The Morgan fingerprint density at radius 1 is 1.38 bits per heavy atom. The molecule has 0 fully saturated rings. The van der Waals surface area contributed by atoms with E-state index in [1.54, 1.807) is 14.0 Å². The number of carbonyl (C=O) groups is 1. The summed E-state index contributed by atoms with van der Waals surface area (Å²) >= 11 is -1.30. The minimum Gasteiger partial charge on any atom is -0.598 e. The quantitative estimate of drug-likeness (QED) is 0.522. The van der Waals surface area contributed by atoms with Gasteiger partial charge in [0, 0.05) is 11.4 Å².